The third kappa shape index (κ3) is 5.01. The lowest BCUT2D eigenvalue weighted by atomic mass is 9.86. The number of H-pyrrole nitrogens is 1. The Balaban J connectivity index is 2.07. The Labute approximate surface area is 210 Å². The van der Waals surface area contributed by atoms with E-state index >= 15 is 4.39 Å². The predicted molar refractivity (Wildman–Crippen MR) is 137 cm³/mol. The highest BCUT2D eigenvalue weighted by molar-refractivity contribution is 5.99. The van der Waals surface area contributed by atoms with Gasteiger partial charge in [0.25, 0.3) is 0 Å². The summed E-state index contributed by atoms with van der Waals surface area (Å²) in [4.78, 5) is 20.5. The number of pyridine rings is 1. The first kappa shape index (κ1) is 25.9. The Kier molecular flexibility index (Phi) is 7.20. The molecule has 1 aromatic carbocycles. The van der Waals surface area contributed by atoms with Crippen LogP contribution in [0, 0.1) is 19.7 Å². The van der Waals surface area contributed by atoms with Crippen molar-refractivity contribution in [2.45, 2.75) is 65.6 Å². The van der Waals surface area contributed by atoms with Gasteiger partial charge in [0.1, 0.15) is 5.65 Å². The Morgan fingerprint density at radius 3 is 2.75 bits per heavy atom. The monoisotopic (exact) mass is 496 g/mol. The van der Waals surface area contributed by atoms with Crippen molar-refractivity contribution in [3.8, 4) is 16.9 Å². The fraction of sp³-hybridized carbons (Fsp3) is 0.429. The van der Waals surface area contributed by atoms with Crippen molar-refractivity contribution >= 4 is 23.1 Å². The minimum absolute atomic E-state index is 0.0313. The molecule has 0 amide bonds. The van der Waals surface area contributed by atoms with Gasteiger partial charge >= 0.3 is 5.97 Å². The van der Waals surface area contributed by atoms with Crippen LogP contribution in [0.2, 0.25) is 0 Å². The van der Waals surface area contributed by atoms with E-state index in [0.29, 0.717) is 52.9 Å². The van der Waals surface area contributed by atoms with Crippen LogP contribution in [-0.2, 0) is 16.0 Å². The van der Waals surface area contributed by atoms with Crippen LogP contribution in [-0.4, -0.2) is 45.0 Å². The van der Waals surface area contributed by atoms with Crippen molar-refractivity contribution in [2.75, 3.05) is 13.2 Å². The number of benzene rings is 1. The van der Waals surface area contributed by atoms with Crippen LogP contribution in [0.15, 0.2) is 18.2 Å². The Morgan fingerprint density at radius 2 is 2.08 bits per heavy atom. The molecule has 3 aromatic rings. The number of nitrogens with one attached hydrogen (secondary N) is 1. The van der Waals surface area contributed by atoms with Gasteiger partial charge in [-0.2, -0.15) is 0 Å². The molecule has 1 unspecified atom stereocenters. The highest BCUT2D eigenvalue weighted by atomic mass is 19.1. The van der Waals surface area contributed by atoms with Gasteiger partial charge in [-0.15, -0.1) is 0 Å². The molecular weight excluding hydrogens is 463 g/mol. The normalized spacial score (nSPS) is 14.8. The van der Waals surface area contributed by atoms with Crippen LogP contribution in [0.5, 0.6) is 5.75 Å². The quantitative estimate of drug-likeness (QED) is 0.391. The number of halogens is 1. The summed E-state index contributed by atoms with van der Waals surface area (Å²) in [7, 11) is 0. The van der Waals surface area contributed by atoms with Gasteiger partial charge in [0, 0.05) is 40.1 Å². The maximum Gasteiger partial charge on any atom is 0.337 e. The van der Waals surface area contributed by atoms with E-state index < -0.39 is 23.5 Å². The minimum atomic E-state index is -1.31. The van der Waals surface area contributed by atoms with Crippen molar-refractivity contribution in [3.63, 3.8) is 0 Å². The number of aliphatic hydroxyl groups excluding tert-OH is 1. The maximum absolute atomic E-state index is 15.3. The number of carbonyl (C=O) groups is 1. The highest BCUT2D eigenvalue weighted by Gasteiger charge is 2.34. The molecule has 8 heteroatoms. The molecule has 1 aliphatic rings. The number of nitrogens with zero attached hydrogens (tertiary/aromatic N) is 1. The summed E-state index contributed by atoms with van der Waals surface area (Å²) in [5.74, 6) is -1.34. The van der Waals surface area contributed by atoms with Crippen LogP contribution >= 0.6 is 0 Å². The molecule has 0 saturated heterocycles. The van der Waals surface area contributed by atoms with Gasteiger partial charge in [-0.1, -0.05) is 6.08 Å². The van der Waals surface area contributed by atoms with Gasteiger partial charge in [-0.3, -0.25) is 0 Å². The summed E-state index contributed by atoms with van der Waals surface area (Å²) in [6.45, 7) is 9.55. The fourth-order valence-electron chi connectivity index (χ4n) is 4.79. The number of fused-ring (bicyclic) bond motifs is 2. The summed E-state index contributed by atoms with van der Waals surface area (Å²) in [5.41, 5.74) is 4.25. The number of carboxylic acids is 1. The molecule has 3 heterocycles. The highest BCUT2D eigenvalue weighted by Crippen LogP contribution is 2.44. The van der Waals surface area contributed by atoms with E-state index in [1.807, 2.05) is 25.1 Å². The second-order valence-corrected chi connectivity index (χ2v) is 10.1. The van der Waals surface area contributed by atoms with E-state index in [2.05, 4.69) is 9.97 Å². The molecule has 192 valence electrons. The van der Waals surface area contributed by atoms with Gasteiger partial charge in [-0.05, 0) is 83.2 Å². The molecule has 0 bridgehead atoms. The molecule has 1 atom stereocenters. The van der Waals surface area contributed by atoms with Gasteiger partial charge < -0.3 is 24.7 Å². The van der Waals surface area contributed by atoms with Crippen LogP contribution in [0.4, 0.5) is 4.39 Å². The SMILES string of the molecule is Cc1nc2[nH]c(C=CCCO)cc2c(-c2cc(F)c3c(c2C)CCCO3)c1C(OC(C)(C)C)C(=O)O. The molecule has 0 spiro atoms. The summed E-state index contributed by atoms with van der Waals surface area (Å²) < 4.78 is 27.0. The molecule has 7 nitrogen and oxygen atoms in total. The number of carboxylic acid groups (broad SMARTS) is 1. The smallest absolute Gasteiger partial charge is 0.337 e. The molecular formula is C28H33FN2O5. The Hall–Kier alpha value is -3.23. The lowest BCUT2D eigenvalue weighted by Gasteiger charge is -2.29. The molecule has 0 aliphatic carbocycles. The van der Waals surface area contributed by atoms with Crippen molar-refractivity contribution in [1.29, 1.82) is 0 Å². The van der Waals surface area contributed by atoms with E-state index in [4.69, 9.17) is 14.6 Å². The van der Waals surface area contributed by atoms with Crippen molar-refractivity contribution in [2.24, 2.45) is 0 Å². The van der Waals surface area contributed by atoms with Crippen LogP contribution in [0.25, 0.3) is 28.2 Å². The van der Waals surface area contributed by atoms with E-state index in [1.54, 1.807) is 27.7 Å². The third-order valence-corrected chi connectivity index (χ3v) is 6.28. The number of ether oxygens (including phenoxy) is 2. The first-order chi connectivity index (χ1) is 17.0. The summed E-state index contributed by atoms with van der Waals surface area (Å²) in [6.07, 6.45) is 4.32. The molecule has 2 aromatic heterocycles. The summed E-state index contributed by atoms with van der Waals surface area (Å²) >= 11 is 0. The number of hydrogen-bond acceptors (Lipinski definition) is 5. The number of rotatable bonds is 7. The van der Waals surface area contributed by atoms with Crippen LogP contribution < -0.4 is 4.74 Å². The number of aromatic amines is 1. The van der Waals surface area contributed by atoms with Gasteiger partial charge in [-0.25, -0.2) is 14.2 Å². The zero-order valence-corrected chi connectivity index (χ0v) is 21.4. The first-order valence-corrected chi connectivity index (χ1v) is 12.2. The molecule has 4 rings (SSSR count). The third-order valence-electron chi connectivity index (χ3n) is 6.28. The van der Waals surface area contributed by atoms with E-state index in [0.717, 1.165) is 23.2 Å². The maximum atomic E-state index is 15.3. The first-order valence-electron chi connectivity index (χ1n) is 12.2. The number of aliphatic hydroxyl groups is 1. The molecule has 36 heavy (non-hydrogen) atoms. The lowest BCUT2D eigenvalue weighted by Crippen LogP contribution is -2.28. The molecule has 1 aliphatic heterocycles. The lowest BCUT2D eigenvalue weighted by molar-refractivity contribution is -0.160. The summed E-state index contributed by atoms with van der Waals surface area (Å²) in [5, 5.41) is 20.0. The van der Waals surface area contributed by atoms with Crippen LogP contribution in [0.1, 0.15) is 67.8 Å². The van der Waals surface area contributed by atoms with E-state index in [9.17, 15) is 9.90 Å². The summed E-state index contributed by atoms with van der Waals surface area (Å²) in [6, 6.07) is 3.30. The standard InChI is InChI=1S/C28H33FN2O5/c1-15-18-10-8-12-35-24(18)21(29)14-19(15)23-20-13-17(9-6-7-11-32)31-26(20)30-16(2)22(23)25(27(33)34)36-28(3,4)5/h6,9,13-14,25,32H,7-8,10-12H2,1-5H3,(H,30,31)(H,33,34). The number of hydrogen-bond donors (Lipinski definition) is 3. The van der Waals surface area contributed by atoms with Gasteiger partial charge in [0.15, 0.2) is 17.7 Å². The number of aliphatic carboxylic acids is 1. The molecule has 3 N–H and O–H groups in total. The van der Waals surface area contributed by atoms with Crippen molar-refractivity contribution < 1.29 is 28.9 Å². The van der Waals surface area contributed by atoms with Gasteiger partial charge in [0.2, 0.25) is 0 Å². The Morgan fingerprint density at radius 1 is 1.33 bits per heavy atom. The zero-order valence-electron chi connectivity index (χ0n) is 21.4. The second-order valence-electron chi connectivity index (χ2n) is 10.1. The molecule has 0 saturated carbocycles. The molecule has 0 radical (unpaired) electrons. The minimum Gasteiger partial charge on any atom is -0.490 e. The predicted octanol–water partition coefficient (Wildman–Crippen LogP) is 5.65. The Bertz CT molecular complexity index is 1340. The largest absolute Gasteiger partial charge is 0.490 e. The van der Waals surface area contributed by atoms with E-state index in [-0.39, 0.29) is 12.4 Å². The molecule has 0 fully saturated rings. The van der Waals surface area contributed by atoms with E-state index in [1.165, 1.54) is 6.07 Å². The number of aromatic nitrogens is 2. The van der Waals surface area contributed by atoms with Crippen LogP contribution in [0.3, 0.4) is 0 Å². The topological polar surface area (TPSA) is 105 Å². The average molecular weight is 497 g/mol. The zero-order chi connectivity index (χ0) is 26.2. The fourth-order valence-corrected chi connectivity index (χ4v) is 4.79. The van der Waals surface area contributed by atoms with Crippen molar-refractivity contribution in [3.05, 3.63) is 52.1 Å². The average Bonchev–Trinajstić information content (AvgIpc) is 3.21. The second kappa shape index (κ2) is 10.0. The number of aryl methyl sites for hydroxylation is 1. The van der Waals surface area contributed by atoms with Crippen molar-refractivity contribution in [1.82, 2.24) is 9.97 Å². The van der Waals surface area contributed by atoms with Gasteiger partial charge in [0.05, 0.1) is 12.2 Å².